The predicted molar refractivity (Wildman–Crippen MR) is 90.2 cm³/mol. The summed E-state index contributed by atoms with van der Waals surface area (Å²) in [6.45, 7) is 6.30. The molecule has 1 unspecified atom stereocenters. The summed E-state index contributed by atoms with van der Waals surface area (Å²) in [5.74, 6) is -0.327. The summed E-state index contributed by atoms with van der Waals surface area (Å²) in [5.41, 5.74) is -0.00601. The molecular weight excluding hydrogens is 332 g/mol. The van der Waals surface area contributed by atoms with Crippen LogP contribution in [0.5, 0.6) is 0 Å². The molecule has 0 bridgehead atoms. The van der Waals surface area contributed by atoms with Crippen LogP contribution in [-0.4, -0.2) is 52.0 Å². The quantitative estimate of drug-likeness (QED) is 0.808. The first-order chi connectivity index (χ1) is 11.3. The van der Waals surface area contributed by atoms with Gasteiger partial charge in [-0.2, -0.15) is 0 Å². The number of aromatic carboxylic acids is 1. The summed E-state index contributed by atoms with van der Waals surface area (Å²) < 4.78 is 5.41. The molecule has 1 aromatic heterocycles. The number of amides is 2. The lowest BCUT2D eigenvalue weighted by Crippen LogP contribution is -2.47. The molecule has 1 fully saturated rings. The van der Waals surface area contributed by atoms with E-state index in [9.17, 15) is 14.4 Å². The first kappa shape index (κ1) is 18.4. The minimum absolute atomic E-state index is 0.00601. The third-order valence-corrected chi connectivity index (χ3v) is 4.71. The smallest absolute Gasteiger partial charge is 0.339 e. The fourth-order valence-corrected chi connectivity index (χ4v) is 3.56. The largest absolute Gasteiger partial charge is 0.478 e. The zero-order valence-electron chi connectivity index (χ0n) is 14.0. The van der Waals surface area contributed by atoms with Crippen molar-refractivity contribution in [3.05, 3.63) is 23.2 Å². The lowest BCUT2D eigenvalue weighted by atomic mass is 10.2. The number of hydrogen-bond acceptors (Lipinski definition) is 5. The fourth-order valence-electron chi connectivity index (χ4n) is 2.40. The molecule has 0 aromatic carbocycles. The molecule has 7 nitrogen and oxygen atoms in total. The zero-order chi connectivity index (χ0) is 17.9. The van der Waals surface area contributed by atoms with E-state index in [0.717, 1.165) is 0 Å². The molecule has 2 amide bonds. The van der Waals surface area contributed by atoms with Crippen molar-refractivity contribution < 1.29 is 23.9 Å². The third-order valence-electron chi connectivity index (χ3n) is 3.70. The molecule has 2 heterocycles. The first-order valence-corrected chi connectivity index (χ1v) is 9.03. The molecule has 24 heavy (non-hydrogen) atoms. The molecule has 1 aliphatic rings. The summed E-state index contributed by atoms with van der Waals surface area (Å²) in [7, 11) is 0. The van der Waals surface area contributed by atoms with E-state index >= 15 is 0 Å². The number of carboxylic acids is 1. The molecule has 1 atom stereocenters. The number of carboxylic acid groups (broad SMARTS) is 1. The number of carbonyl (C=O) groups is 3. The van der Waals surface area contributed by atoms with Crippen molar-refractivity contribution in [3.63, 3.8) is 0 Å². The second kappa shape index (κ2) is 7.74. The Labute approximate surface area is 144 Å². The number of furan rings is 1. The van der Waals surface area contributed by atoms with Crippen LogP contribution in [-0.2, 0) is 11.2 Å². The van der Waals surface area contributed by atoms with Crippen molar-refractivity contribution in [1.82, 2.24) is 10.2 Å². The molecule has 132 valence electrons. The summed E-state index contributed by atoms with van der Waals surface area (Å²) in [6, 6.07) is 0.681. The molecule has 2 rings (SSSR count). The van der Waals surface area contributed by atoms with Gasteiger partial charge in [0, 0.05) is 24.8 Å². The number of hydrogen-bond donors (Lipinski definition) is 2. The van der Waals surface area contributed by atoms with Crippen LogP contribution in [0.1, 0.15) is 47.4 Å². The van der Waals surface area contributed by atoms with Crippen molar-refractivity contribution in [2.45, 2.75) is 33.2 Å². The number of carbonyl (C=O) groups excluding carboxylic acids is 2. The lowest BCUT2D eigenvalue weighted by Gasteiger charge is -2.22. The Bertz CT molecular complexity index is 640. The maximum Gasteiger partial charge on any atom is 0.339 e. The third kappa shape index (κ3) is 3.92. The average Bonchev–Trinajstić information content (AvgIpc) is 3.18. The van der Waals surface area contributed by atoms with E-state index in [1.807, 2.05) is 13.8 Å². The zero-order valence-corrected chi connectivity index (χ0v) is 14.8. The van der Waals surface area contributed by atoms with Crippen LogP contribution in [0.2, 0.25) is 0 Å². The van der Waals surface area contributed by atoms with Crippen LogP contribution in [0.25, 0.3) is 0 Å². The van der Waals surface area contributed by atoms with Gasteiger partial charge in [-0.25, -0.2) is 4.79 Å². The molecule has 2 N–H and O–H groups in total. The Hall–Kier alpha value is -1.96. The van der Waals surface area contributed by atoms with Gasteiger partial charge in [0.25, 0.3) is 5.91 Å². The van der Waals surface area contributed by atoms with Crippen molar-refractivity contribution in [3.8, 4) is 0 Å². The molecular formula is C16H22N2O5S. The van der Waals surface area contributed by atoms with E-state index in [-0.39, 0.29) is 23.0 Å². The monoisotopic (exact) mass is 354 g/mol. The lowest BCUT2D eigenvalue weighted by molar-refractivity contribution is -0.124. The molecule has 8 heteroatoms. The van der Waals surface area contributed by atoms with Crippen LogP contribution in [0.3, 0.4) is 0 Å². The number of nitrogens with zero attached hydrogens (tertiary/aromatic N) is 1. The van der Waals surface area contributed by atoms with E-state index in [2.05, 4.69) is 5.32 Å². The molecule has 0 saturated carbocycles. The van der Waals surface area contributed by atoms with E-state index in [1.54, 1.807) is 6.92 Å². The molecule has 0 radical (unpaired) electrons. The number of rotatable bonds is 6. The van der Waals surface area contributed by atoms with Gasteiger partial charge < -0.3 is 19.7 Å². The molecule has 1 saturated heterocycles. The van der Waals surface area contributed by atoms with Crippen molar-refractivity contribution in [2.24, 2.45) is 5.92 Å². The van der Waals surface area contributed by atoms with Crippen LogP contribution in [0, 0.1) is 5.92 Å². The normalized spacial score (nSPS) is 17.3. The highest BCUT2D eigenvalue weighted by atomic mass is 32.2. The second-order valence-corrected chi connectivity index (χ2v) is 7.04. The highest BCUT2D eigenvalue weighted by Gasteiger charge is 2.36. The van der Waals surface area contributed by atoms with E-state index < -0.39 is 17.9 Å². The van der Waals surface area contributed by atoms with E-state index in [0.29, 0.717) is 30.5 Å². The van der Waals surface area contributed by atoms with Crippen LogP contribution in [0.4, 0.5) is 0 Å². The molecule has 1 aliphatic heterocycles. The van der Waals surface area contributed by atoms with Gasteiger partial charge in [-0.1, -0.05) is 20.8 Å². The van der Waals surface area contributed by atoms with E-state index in [1.165, 1.54) is 22.7 Å². The van der Waals surface area contributed by atoms with Gasteiger partial charge in [0.05, 0.1) is 5.88 Å². The average molecular weight is 354 g/mol. The Morgan fingerprint density at radius 1 is 1.46 bits per heavy atom. The first-order valence-electron chi connectivity index (χ1n) is 7.87. The Kier molecular flexibility index (Phi) is 5.93. The Morgan fingerprint density at radius 2 is 2.17 bits per heavy atom. The maximum absolute atomic E-state index is 12.6. The SMILES string of the molecule is CCc1oc(C(=O)N2CSCC2C(=O)NCC(C)C)cc1C(=O)O. The minimum atomic E-state index is -1.13. The number of thioether (sulfide) groups is 1. The summed E-state index contributed by atoms with van der Waals surface area (Å²) in [5, 5.41) is 12.0. The number of aryl methyl sites for hydroxylation is 1. The van der Waals surface area contributed by atoms with Gasteiger partial charge in [0.2, 0.25) is 5.91 Å². The molecule has 0 spiro atoms. The van der Waals surface area contributed by atoms with Gasteiger partial charge in [0.15, 0.2) is 5.76 Å². The highest BCUT2D eigenvalue weighted by molar-refractivity contribution is 7.99. The Morgan fingerprint density at radius 3 is 2.71 bits per heavy atom. The maximum atomic E-state index is 12.6. The van der Waals surface area contributed by atoms with Gasteiger partial charge in [-0.3, -0.25) is 9.59 Å². The van der Waals surface area contributed by atoms with Crippen LogP contribution >= 0.6 is 11.8 Å². The van der Waals surface area contributed by atoms with Gasteiger partial charge in [-0.05, 0) is 5.92 Å². The van der Waals surface area contributed by atoms with Crippen molar-refractivity contribution in [2.75, 3.05) is 18.2 Å². The van der Waals surface area contributed by atoms with Gasteiger partial charge >= 0.3 is 5.97 Å². The highest BCUT2D eigenvalue weighted by Crippen LogP contribution is 2.25. The van der Waals surface area contributed by atoms with Crippen LogP contribution < -0.4 is 5.32 Å². The standard InChI is InChI=1S/C16H22N2O5S/c1-4-12-10(16(21)22)5-13(23-12)15(20)18-8-24-7-11(18)14(19)17-6-9(2)3/h5,9,11H,4,6-8H2,1-3H3,(H,17,19)(H,21,22). The molecule has 0 aliphatic carbocycles. The molecule has 1 aromatic rings. The minimum Gasteiger partial charge on any atom is -0.478 e. The van der Waals surface area contributed by atoms with Crippen molar-refractivity contribution >= 4 is 29.5 Å². The second-order valence-electron chi connectivity index (χ2n) is 6.04. The number of nitrogens with one attached hydrogen (secondary N) is 1. The topological polar surface area (TPSA) is 99.9 Å². The van der Waals surface area contributed by atoms with Crippen LogP contribution in [0.15, 0.2) is 10.5 Å². The predicted octanol–water partition coefficient (Wildman–Crippen LogP) is 1.83. The van der Waals surface area contributed by atoms with Gasteiger partial charge in [-0.15, -0.1) is 11.8 Å². The van der Waals surface area contributed by atoms with E-state index in [4.69, 9.17) is 9.52 Å². The summed E-state index contributed by atoms with van der Waals surface area (Å²) in [6.07, 6.45) is 0.377. The summed E-state index contributed by atoms with van der Waals surface area (Å²) in [4.78, 5) is 37.6. The fraction of sp³-hybridized carbons (Fsp3) is 0.562. The van der Waals surface area contributed by atoms with Gasteiger partial charge in [0.1, 0.15) is 17.4 Å². The Balaban J connectivity index is 2.16. The summed E-state index contributed by atoms with van der Waals surface area (Å²) >= 11 is 1.49. The van der Waals surface area contributed by atoms with Crippen molar-refractivity contribution in [1.29, 1.82) is 0 Å².